The summed E-state index contributed by atoms with van der Waals surface area (Å²) in [5, 5.41) is 0. The molecule has 0 radical (unpaired) electrons. The molecule has 0 unspecified atom stereocenters. The van der Waals surface area contributed by atoms with Crippen LogP contribution in [0, 0.1) is 6.92 Å². The smallest absolute Gasteiger partial charge is 0.249 e. The van der Waals surface area contributed by atoms with Crippen molar-refractivity contribution in [1.29, 1.82) is 0 Å². The predicted molar refractivity (Wildman–Crippen MR) is 111 cm³/mol. The summed E-state index contributed by atoms with van der Waals surface area (Å²) in [6.45, 7) is 1.99. The van der Waals surface area contributed by atoms with Gasteiger partial charge >= 0.3 is 0 Å². The first-order valence-electron chi connectivity index (χ1n) is 9.23. The van der Waals surface area contributed by atoms with E-state index in [0.29, 0.717) is 11.3 Å². The summed E-state index contributed by atoms with van der Waals surface area (Å²) in [4.78, 5) is 31.8. The number of aliphatic imine (C=N–C) groups is 1. The number of rotatable bonds is 4. The third-order valence-electron chi connectivity index (χ3n) is 4.85. The molecule has 0 fully saturated rings. The van der Waals surface area contributed by atoms with Crippen molar-refractivity contribution in [1.82, 2.24) is 0 Å². The molecule has 1 aliphatic rings. The molecule has 4 rings (SSSR count). The Morgan fingerprint density at radius 3 is 2.36 bits per heavy atom. The minimum Gasteiger partial charge on any atom is -0.302 e. The fraction of sp³-hybridized carbons (Fsp3) is 0.125. The number of hydrogen-bond acceptors (Lipinski definition) is 3. The highest BCUT2D eigenvalue weighted by Gasteiger charge is 2.26. The molecule has 0 aromatic heterocycles. The van der Waals surface area contributed by atoms with E-state index >= 15 is 0 Å². The molecule has 3 aromatic rings. The molecule has 0 saturated carbocycles. The van der Waals surface area contributed by atoms with Gasteiger partial charge in [0.25, 0.3) is 0 Å². The van der Waals surface area contributed by atoms with Crippen LogP contribution in [0.5, 0.6) is 0 Å². The Bertz CT molecular complexity index is 1050. The number of hydrogen-bond donors (Lipinski definition) is 0. The van der Waals surface area contributed by atoms with Crippen molar-refractivity contribution in [3.05, 3.63) is 101 Å². The Balaban J connectivity index is 1.71. The summed E-state index contributed by atoms with van der Waals surface area (Å²) in [5.41, 5.74) is 4.99. The molecule has 1 heterocycles. The maximum Gasteiger partial charge on any atom is 0.249 e. The van der Waals surface area contributed by atoms with Crippen molar-refractivity contribution in [2.24, 2.45) is 4.99 Å². The average molecular weight is 368 g/mol. The number of ketones is 1. The highest BCUT2D eigenvalue weighted by molar-refractivity contribution is 6.20. The number of Topliss-reactive ketones (excluding diaryl/α,β-unsaturated/α-hetero) is 1. The molecule has 138 valence electrons. The topological polar surface area (TPSA) is 49.7 Å². The van der Waals surface area contributed by atoms with E-state index in [-0.39, 0.29) is 24.8 Å². The van der Waals surface area contributed by atoms with E-state index in [0.717, 1.165) is 22.4 Å². The zero-order chi connectivity index (χ0) is 19.5. The number of carbonyl (C=O) groups excluding carboxylic acids is 2. The summed E-state index contributed by atoms with van der Waals surface area (Å²) in [7, 11) is 0. The zero-order valence-corrected chi connectivity index (χ0v) is 15.6. The molecule has 1 aliphatic heterocycles. The molecule has 0 spiro atoms. The van der Waals surface area contributed by atoms with Crippen molar-refractivity contribution in [3.8, 4) is 0 Å². The van der Waals surface area contributed by atoms with Gasteiger partial charge in [0, 0.05) is 16.7 Å². The SMILES string of the molecule is Cc1ccc(C(=O)CN2C(=O)CN=C(c3ccccc3)c3ccccc32)cc1. The minimum atomic E-state index is -0.182. The first kappa shape index (κ1) is 17.9. The van der Waals surface area contributed by atoms with Crippen LogP contribution in [0.25, 0.3) is 0 Å². The van der Waals surface area contributed by atoms with Crippen LogP contribution in [-0.4, -0.2) is 30.5 Å². The van der Waals surface area contributed by atoms with Crippen molar-refractivity contribution in [3.63, 3.8) is 0 Å². The van der Waals surface area contributed by atoms with Crippen molar-refractivity contribution < 1.29 is 9.59 Å². The number of aryl methyl sites for hydroxylation is 1. The van der Waals surface area contributed by atoms with Gasteiger partial charge in [-0.05, 0) is 13.0 Å². The Labute approximate surface area is 164 Å². The van der Waals surface area contributed by atoms with Gasteiger partial charge in [-0.15, -0.1) is 0 Å². The monoisotopic (exact) mass is 368 g/mol. The maximum absolute atomic E-state index is 12.8. The highest BCUT2D eigenvalue weighted by Crippen LogP contribution is 2.27. The number of anilines is 1. The molecule has 4 heteroatoms. The summed E-state index contributed by atoms with van der Waals surface area (Å²) in [6.07, 6.45) is 0. The lowest BCUT2D eigenvalue weighted by Gasteiger charge is -2.22. The summed E-state index contributed by atoms with van der Waals surface area (Å²) >= 11 is 0. The quantitative estimate of drug-likeness (QED) is 0.652. The molecule has 28 heavy (non-hydrogen) atoms. The van der Waals surface area contributed by atoms with Crippen molar-refractivity contribution in [2.75, 3.05) is 18.0 Å². The standard InChI is InChI=1S/C24H20N2O2/c1-17-11-13-18(14-12-17)22(27)16-26-21-10-6-5-9-20(21)24(25-15-23(26)28)19-7-3-2-4-8-19/h2-14H,15-16H2,1H3. The lowest BCUT2D eigenvalue weighted by atomic mass is 10.00. The number of fused-ring (bicyclic) bond motifs is 1. The van der Waals surface area contributed by atoms with Crippen LogP contribution < -0.4 is 4.90 Å². The van der Waals surface area contributed by atoms with Crippen LogP contribution in [0.3, 0.4) is 0 Å². The van der Waals surface area contributed by atoms with E-state index in [1.54, 1.807) is 17.0 Å². The van der Waals surface area contributed by atoms with Gasteiger partial charge in [0.05, 0.1) is 17.9 Å². The third-order valence-corrected chi connectivity index (χ3v) is 4.85. The van der Waals surface area contributed by atoms with Crippen LogP contribution in [-0.2, 0) is 4.79 Å². The Kier molecular flexibility index (Phi) is 4.85. The van der Waals surface area contributed by atoms with Crippen LogP contribution in [0.1, 0.15) is 27.0 Å². The second-order valence-electron chi connectivity index (χ2n) is 6.82. The number of para-hydroxylation sites is 1. The molecule has 0 atom stereocenters. The lowest BCUT2D eigenvalue weighted by Crippen LogP contribution is -2.37. The summed E-state index contributed by atoms with van der Waals surface area (Å²) in [6, 6.07) is 24.8. The largest absolute Gasteiger partial charge is 0.302 e. The predicted octanol–water partition coefficient (Wildman–Crippen LogP) is 4.06. The summed E-state index contributed by atoms with van der Waals surface area (Å²) < 4.78 is 0. The van der Waals surface area contributed by atoms with Crippen molar-refractivity contribution in [2.45, 2.75) is 6.92 Å². The first-order chi connectivity index (χ1) is 13.6. The van der Waals surface area contributed by atoms with Gasteiger partial charge in [-0.25, -0.2) is 0 Å². The van der Waals surface area contributed by atoms with Crippen LogP contribution in [0.2, 0.25) is 0 Å². The second kappa shape index (κ2) is 7.61. The minimum absolute atomic E-state index is 0.00347. The molecular formula is C24H20N2O2. The number of nitrogens with zero attached hydrogens (tertiary/aromatic N) is 2. The van der Waals surface area contributed by atoms with Crippen LogP contribution in [0.4, 0.5) is 5.69 Å². The highest BCUT2D eigenvalue weighted by atomic mass is 16.2. The van der Waals surface area contributed by atoms with Crippen molar-refractivity contribution >= 4 is 23.1 Å². The van der Waals surface area contributed by atoms with Gasteiger partial charge in [-0.2, -0.15) is 0 Å². The third kappa shape index (κ3) is 3.49. The van der Waals surface area contributed by atoms with Gasteiger partial charge in [-0.3, -0.25) is 14.6 Å². The molecule has 0 N–H and O–H groups in total. The second-order valence-corrected chi connectivity index (χ2v) is 6.82. The Morgan fingerprint density at radius 1 is 0.929 bits per heavy atom. The maximum atomic E-state index is 12.8. The molecule has 0 bridgehead atoms. The molecule has 1 amide bonds. The van der Waals surface area contributed by atoms with E-state index in [1.807, 2.05) is 73.7 Å². The average Bonchev–Trinajstić information content (AvgIpc) is 2.86. The molecular weight excluding hydrogens is 348 g/mol. The normalized spacial score (nSPS) is 13.5. The lowest BCUT2D eigenvalue weighted by molar-refractivity contribution is -0.117. The number of benzene rings is 3. The van der Waals surface area contributed by atoms with Crippen LogP contribution in [0.15, 0.2) is 83.9 Å². The van der Waals surface area contributed by atoms with Gasteiger partial charge in [-0.1, -0.05) is 78.4 Å². The number of benzodiazepines with no additional fused rings is 1. The van der Waals surface area contributed by atoms with E-state index in [4.69, 9.17) is 0 Å². The van der Waals surface area contributed by atoms with Gasteiger partial charge < -0.3 is 4.90 Å². The Morgan fingerprint density at radius 2 is 1.61 bits per heavy atom. The van der Waals surface area contributed by atoms with E-state index in [2.05, 4.69) is 4.99 Å². The number of amides is 1. The molecule has 0 saturated heterocycles. The van der Waals surface area contributed by atoms with E-state index in [9.17, 15) is 9.59 Å². The Hall–Kier alpha value is -3.53. The zero-order valence-electron chi connectivity index (χ0n) is 15.6. The number of carbonyl (C=O) groups is 2. The van der Waals surface area contributed by atoms with Crippen LogP contribution >= 0.6 is 0 Å². The molecule has 4 nitrogen and oxygen atoms in total. The summed E-state index contributed by atoms with van der Waals surface area (Å²) in [5.74, 6) is -0.273. The fourth-order valence-corrected chi connectivity index (χ4v) is 3.35. The van der Waals surface area contributed by atoms with E-state index < -0.39 is 0 Å². The van der Waals surface area contributed by atoms with E-state index in [1.165, 1.54) is 0 Å². The van der Waals surface area contributed by atoms with Gasteiger partial charge in [0.15, 0.2) is 5.78 Å². The molecule has 3 aromatic carbocycles. The van der Waals surface area contributed by atoms with Gasteiger partial charge in [0.2, 0.25) is 5.91 Å². The molecule has 0 aliphatic carbocycles. The first-order valence-corrected chi connectivity index (χ1v) is 9.23. The van der Waals surface area contributed by atoms with Gasteiger partial charge in [0.1, 0.15) is 6.54 Å². The fourth-order valence-electron chi connectivity index (χ4n) is 3.35.